The molecule has 2 unspecified atom stereocenters. The number of thioether (sulfide) groups is 1. The third-order valence-electron chi connectivity index (χ3n) is 3.31. The van der Waals surface area contributed by atoms with Crippen LogP contribution in [-0.2, 0) is 14.3 Å². The molecule has 1 heterocycles. The minimum atomic E-state index is -0.900. The SMILES string of the molecule is CCOC(=O)C1(NC(C)=O)CC2CCCC=C2S1. The zero-order valence-electron chi connectivity index (χ0n) is 10.8. The van der Waals surface area contributed by atoms with Gasteiger partial charge < -0.3 is 10.1 Å². The van der Waals surface area contributed by atoms with E-state index in [0.29, 0.717) is 18.9 Å². The Hall–Kier alpha value is -0.970. The lowest BCUT2D eigenvalue weighted by atomic mass is 9.90. The maximum absolute atomic E-state index is 12.2. The average Bonchev–Trinajstić information content (AvgIpc) is 2.67. The Balaban J connectivity index is 2.22. The molecular weight excluding hydrogens is 250 g/mol. The summed E-state index contributed by atoms with van der Waals surface area (Å²) in [5.41, 5.74) is 0. The summed E-state index contributed by atoms with van der Waals surface area (Å²) in [6.45, 7) is 3.56. The van der Waals surface area contributed by atoms with E-state index in [2.05, 4.69) is 11.4 Å². The fourth-order valence-electron chi connectivity index (χ4n) is 2.62. The molecule has 0 aromatic rings. The first-order valence-corrected chi connectivity index (χ1v) is 7.24. The zero-order chi connectivity index (χ0) is 13.2. The third kappa shape index (κ3) is 2.55. The predicted molar refractivity (Wildman–Crippen MR) is 70.8 cm³/mol. The Labute approximate surface area is 112 Å². The monoisotopic (exact) mass is 269 g/mol. The normalized spacial score (nSPS) is 30.3. The largest absolute Gasteiger partial charge is 0.464 e. The van der Waals surface area contributed by atoms with Crippen LogP contribution in [0.25, 0.3) is 0 Å². The van der Waals surface area contributed by atoms with E-state index >= 15 is 0 Å². The zero-order valence-corrected chi connectivity index (χ0v) is 11.6. The van der Waals surface area contributed by atoms with E-state index in [1.54, 1.807) is 6.92 Å². The van der Waals surface area contributed by atoms with E-state index in [9.17, 15) is 9.59 Å². The van der Waals surface area contributed by atoms with E-state index in [0.717, 1.165) is 19.3 Å². The van der Waals surface area contributed by atoms with Crippen LogP contribution in [0.5, 0.6) is 0 Å². The lowest BCUT2D eigenvalue weighted by Gasteiger charge is -2.26. The molecular formula is C13H19NO3S. The number of hydrogen-bond acceptors (Lipinski definition) is 4. The molecule has 1 fully saturated rings. The van der Waals surface area contributed by atoms with Gasteiger partial charge in [0.25, 0.3) is 0 Å². The lowest BCUT2D eigenvalue weighted by Crippen LogP contribution is -2.50. The minimum absolute atomic E-state index is 0.185. The first-order chi connectivity index (χ1) is 8.57. The molecule has 1 amide bonds. The van der Waals surface area contributed by atoms with Crippen molar-refractivity contribution in [2.75, 3.05) is 6.61 Å². The van der Waals surface area contributed by atoms with Gasteiger partial charge in [-0.15, -0.1) is 0 Å². The van der Waals surface area contributed by atoms with Crippen LogP contribution in [0, 0.1) is 5.92 Å². The number of rotatable bonds is 3. The lowest BCUT2D eigenvalue weighted by molar-refractivity contribution is -0.149. The summed E-state index contributed by atoms with van der Waals surface area (Å²) in [7, 11) is 0. The second-order valence-corrected chi connectivity index (χ2v) is 6.14. The molecule has 2 atom stereocenters. The number of esters is 1. The number of amides is 1. The molecule has 1 saturated heterocycles. The number of allylic oxidation sites excluding steroid dienone is 2. The van der Waals surface area contributed by atoms with Crippen molar-refractivity contribution in [2.45, 2.75) is 44.4 Å². The molecule has 0 spiro atoms. The van der Waals surface area contributed by atoms with Crippen molar-refractivity contribution in [3.8, 4) is 0 Å². The Bertz CT molecular complexity index is 394. The molecule has 18 heavy (non-hydrogen) atoms. The quantitative estimate of drug-likeness (QED) is 0.798. The van der Waals surface area contributed by atoms with Crippen molar-refractivity contribution < 1.29 is 14.3 Å². The number of carbonyl (C=O) groups is 2. The van der Waals surface area contributed by atoms with Gasteiger partial charge in [0.05, 0.1) is 6.61 Å². The van der Waals surface area contributed by atoms with Crippen molar-refractivity contribution in [2.24, 2.45) is 5.92 Å². The average molecular weight is 269 g/mol. The predicted octanol–water partition coefficient (Wildman–Crippen LogP) is 2.20. The molecule has 5 heteroatoms. The molecule has 0 saturated carbocycles. The van der Waals surface area contributed by atoms with Crippen LogP contribution < -0.4 is 5.32 Å². The second kappa shape index (κ2) is 5.34. The van der Waals surface area contributed by atoms with Crippen molar-refractivity contribution in [3.05, 3.63) is 11.0 Å². The summed E-state index contributed by atoms with van der Waals surface area (Å²) < 4.78 is 5.13. The summed E-state index contributed by atoms with van der Waals surface area (Å²) in [5.74, 6) is -0.102. The van der Waals surface area contributed by atoms with Gasteiger partial charge in [0.15, 0.2) is 4.87 Å². The molecule has 1 aliphatic heterocycles. The van der Waals surface area contributed by atoms with Gasteiger partial charge in [0.1, 0.15) is 0 Å². The highest BCUT2D eigenvalue weighted by atomic mass is 32.2. The van der Waals surface area contributed by atoms with Crippen molar-refractivity contribution in [3.63, 3.8) is 0 Å². The van der Waals surface area contributed by atoms with Crippen LogP contribution in [-0.4, -0.2) is 23.4 Å². The standard InChI is InChI=1S/C13H19NO3S/c1-3-17-12(16)13(14-9(2)15)8-10-6-4-5-7-11(10)18-13/h7,10H,3-6,8H2,1-2H3,(H,14,15). The summed E-state index contributed by atoms with van der Waals surface area (Å²) in [6, 6.07) is 0. The van der Waals surface area contributed by atoms with Crippen LogP contribution in [0.15, 0.2) is 11.0 Å². The first-order valence-electron chi connectivity index (χ1n) is 6.42. The number of ether oxygens (including phenoxy) is 1. The Morgan fingerprint density at radius 2 is 2.39 bits per heavy atom. The van der Waals surface area contributed by atoms with Crippen LogP contribution in [0.4, 0.5) is 0 Å². The highest BCUT2D eigenvalue weighted by Crippen LogP contribution is 2.52. The number of carbonyl (C=O) groups excluding carboxylic acids is 2. The van der Waals surface area contributed by atoms with E-state index < -0.39 is 4.87 Å². The van der Waals surface area contributed by atoms with Gasteiger partial charge in [-0.2, -0.15) is 0 Å². The smallest absolute Gasteiger partial charge is 0.342 e. The van der Waals surface area contributed by atoms with Crippen LogP contribution >= 0.6 is 11.8 Å². The van der Waals surface area contributed by atoms with Crippen LogP contribution in [0.3, 0.4) is 0 Å². The van der Waals surface area contributed by atoms with Crippen molar-refractivity contribution in [1.29, 1.82) is 0 Å². The number of fused-ring (bicyclic) bond motifs is 1. The highest BCUT2D eigenvalue weighted by Gasteiger charge is 2.50. The fraction of sp³-hybridized carbons (Fsp3) is 0.692. The first kappa shape index (κ1) is 13.5. The highest BCUT2D eigenvalue weighted by molar-refractivity contribution is 8.05. The van der Waals surface area contributed by atoms with E-state index in [1.807, 2.05) is 0 Å². The maximum atomic E-state index is 12.2. The number of hydrogen-bond donors (Lipinski definition) is 1. The van der Waals surface area contributed by atoms with Gasteiger partial charge in [0.2, 0.25) is 5.91 Å². The van der Waals surface area contributed by atoms with E-state index in [4.69, 9.17) is 4.74 Å². The minimum Gasteiger partial charge on any atom is -0.464 e. The molecule has 0 aromatic carbocycles. The summed E-state index contributed by atoms with van der Waals surface area (Å²) in [4.78, 5) is 23.9. The molecule has 2 aliphatic rings. The molecule has 1 N–H and O–H groups in total. The summed E-state index contributed by atoms with van der Waals surface area (Å²) >= 11 is 1.47. The molecule has 0 aromatic heterocycles. The Morgan fingerprint density at radius 1 is 1.61 bits per heavy atom. The fourth-order valence-corrected chi connectivity index (χ4v) is 4.21. The Morgan fingerprint density at radius 3 is 3.00 bits per heavy atom. The summed E-state index contributed by atoms with van der Waals surface area (Å²) in [5, 5.41) is 2.80. The topological polar surface area (TPSA) is 55.4 Å². The van der Waals surface area contributed by atoms with Crippen molar-refractivity contribution >= 4 is 23.6 Å². The van der Waals surface area contributed by atoms with Gasteiger partial charge in [-0.3, -0.25) is 4.79 Å². The van der Waals surface area contributed by atoms with Crippen molar-refractivity contribution in [1.82, 2.24) is 5.32 Å². The van der Waals surface area contributed by atoms with Gasteiger partial charge in [-0.25, -0.2) is 4.79 Å². The maximum Gasteiger partial charge on any atom is 0.342 e. The molecule has 4 nitrogen and oxygen atoms in total. The van der Waals surface area contributed by atoms with Gasteiger partial charge in [-0.05, 0) is 43.4 Å². The molecule has 0 radical (unpaired) electrons. The van der Waals surface area contributed by atoms with Crippen LogP contribution in [0.2, 0.25) is 0 Å². The number of nitrogens with one attached hydrogen (secondary N) is 1. The molecule has 2 rings (SSSR count). The molecule has 0 bridgehead atoms. The van der Waals surface area contributed by atoms with E-state index in [1.165, 1.54) is 23.6 Å². The molecule has 1 aliphatic carbocycles. The van der Waals surface area contributed by atoms with Gasteiger partial charge >= 0.3 is 5.97 Å². The summed E-state index contributed by atoms with van der Waals surface area (Å²) in [6.07, 6.45) is 6.18. The van der Waals surface area contributed by atoms with Gasteiger partial charge in [-0.1, -0.05) is 17.8 Å². The van der Waals surface area contributed by atoms with E-state index in [-0.39, 0.29) is 11.9 Å². The third-order valence-corrected chi connectivity index (χ3v) is 4.83. The second-order valence-electron chi connectivity index (χ2n) is 4.77. The van der Waals surface area contributed by atoms with Crippen LogP contribution in [0.1, 0.15) is 39.5 Å². The molecule has 100 valence electrons. The van der Waals surface area contributed by atoms with Gasteiger partial charge in [0, 0.05) is 6.92 Å². The Kier molecular flexibility index (Phi) is 4.00.